The number of nitrogens with one attached hydrogen (secondary N) is 1. The number of aromatic nitrogens is 2. The first-order valence-corrected chi connectivity index (χ1v) is 8.40. The maximum atomic E-state index is 12.8. The molecule has 0 saturated carbocycles. The molecule has 28 heavy (non-hydrogen) atoms. The smallest absolute Gasteiger partial charge is 0.342 e. The van der Waals surface area contributed by atoms with Crippen LogP contribution in [0.1, 0.15) is 28.6 Å². The van der Waals surface area contributed by atoms with Crippen molar-refractivity contribution in [3.8, 4) is 6.07 Å². The molecule has 2 heterocycles. The number of hydrogen-bond acceptors (Lipinski definition) is 7. The van der Waals surface area contributed by atoms with E-state index in [1.165, 1.54) is 13.3 Å². The van der Waals surface area contributed by atoms with Crippen LogP contribution >= 0.6 is 0 Å². The summed E-state index contributed by atoms with van der Waals surface area (Å²) in [5, 5.41) is 11.4. The average Bonchev–Trinajstić information content (AvgIpc) is 3.01. The van der Waals surface area contributed by atoms with Crippen LogP contribution in [0.4, 0.5) is 5.69 Å². The molecule has 2 aromatic heterocycles. The molecule has 1 N–H and O–H groups in total. The maximum absolute atomic E-state index is 12.8. The number of esters is 1. The van der Waals surface area contributed by atoms with Gasteiger partial charge in [0.2, 0.25) is 11.6 Å². The van der Waals surface area contributed by atoms with E-state index in [1.807, 2.05) is 6.07 Å². The lowest BCUT2D eigenvalue weighted by Crippen LogP contribution is -2.28. The van der Waals surface area contributed by atoms with Gasteiger partial charge in [-0.2, -0.15) is 5.26 Å². The van der Waals surface area contributed by atoms with Crippen molar-refractivity contribution in [2.45, 2.75) is 20.4 Å². The summed E-state index contributed by atoms with van der Waals surface area (Å²) in [4.78, 5) is 41.2. The molecule has 0 spiro atoms. The summed E-state index contributed by atoms with van der Waals surface area (Å²) < 4.78 is 11.4. The number of nitrogens with zero attached hydrogens (tertiary/aromatic N) is 3. The molecule has 0 radical (unpaired) electrons. The number of carbonyl (C=O) groups excluding carboxylic acids is 2. The molecule has 9 nitrogen and oxygen atoms in total. The molecule has 0 aliphatic carbocycles. The fourth-order valence-electron chi connectivity index (χ4n) is 2.68. The van der Waals surface area contributed by atoms with Crippen LogP contribution in [0.2, 0.25) is 0 Å². The second kappa shape index (κ2) is 7.75. The number of hydrogen-bond donors (Lipinski definition) is 1. The number of benzene rings is 1. The normalized spacial score (nSPS) is 10.5. The Morgan fingerprint density at radius 2 is 2.04 bits per heavy atom. The minimum absolute atomic E-state index is 0.00861. The molecule has 9 heteroatoms. The lowest BCUT2D eigenvalue weighted by Gasteiger charge is -2.07. The minimum Gasteiger partial charge on any atom is -0.462 e. The second-order valence-electron chi connectivity index (χ2n) is 5.85. The van der Waals surface area contributed by atoms with E-state index in [2.05, 4.69) is 10.3 Å². The predicted octanol–water partition coefficient (Wildman–Crippen LogP) is 1.98. The molecule has 3 aromatic rings. The first kappa shape index (κ1) is 18.8. The SMILES string of the molecule is CCOC(=O)c1c(C)oc2ncn(CC(=O)Nc3ccc(C#N)cc3)c(=O)c12. The van der Waals surface area contributed by atoms with E-state index in [1.54, 1.807) is 31.2 Å². The van der Waals surface area contributed by atoms with E-state index in [9.17, 15) is 14.4 Å². The third kappa shape index (κ3) is 3.61. The Labute approximate surface area is 159 Å². The third-order valence-electron chi connectivity index (χ3n) is 3.95. The van der Waals surface area contributed by atoms with Gasteiger partial charge in [-0.25, -0.2) is 9.78 Å². The van der Waals surface area contributed by atoms with Crippen LogP contribution in [-0.4, -0.2) is 28.0 Å². The van der Waals surface area contributed by atoms with Gasteiger partial charge in [0, 0.05) is 5.69 Å². The maximum Gasteiger partial charge on any atom is 0.342 e. The van der Waals surface area contributed by atoms with E-state index in [0.29, 0.717) is 11.3 Å². The van der Waals surface area contributed by atoms with Crippen molar-refractivity contribution in [2.24, 2.45) is 0 Å². The summed E-state index contributed by atoms with van der Waals surface area (Å²) in [5.74, 6) is -0.930. The molecule has 0 unspecified atom stereocenters. The molecule has 0 aliphatic heterocycles. The minimum atomic E-state index is -0.683. The third-order valence-corrected chi connectivity index (χ3v) is 3.95. The number of amides is 1. The van der Waals surface area contributed by atoms with Gasteiger partial charge in [0.15, 0.2) is 0 Å². The van der Waals surface area contributed by atoms with Crippen molar-refractivity contribution in [2.75, 3.05) is 11.9 Å². The first-order chi connectivity index (χ1) is 13.4. The Hall–Kier alpha value is -3.93. The van der Waals surface area contributed by atoms with Crippen molar-refractivity contribution >= 4 is 28.7 Å². The molecule has 0 bridgehead atoms. The number of fused-ring (bicyclic) bond motifs is 1. The number of furan rings is 1. The van der Waals surface area contributed by atoms with E-state index in [-0.39, 0.29) is 35.6 Å². The standard InChI is InChI=1S/C19H16N4O5/c1-3-27-19(26)15-11(2)28-17-16(15)18(25)23(10-21-17)9-14(24)22-13-6-4-12(8-20)5-7-13/h4-7,10H,3,9H2,1-2H3,(H,22,24). The molecular formula is C19H16N4O5. The predicted molar refractivity (Wildman–Crippen MR) is 98.7 cm³/mol. The van der Waals surface area contributed by atoms with Gasteiger partial charge in [-0.1, -0.05) is 0 Å². The molecule has 0 fully saturated rings. The van der Waals surface area contributed by atoms with Crippen molar-refractivity contribution in [3.05, 3.63) is 57.8 Å². The zero-order chi connectivity index (χ0) is 20.3. The first-order valence-electron chi connectivity index (χ1n) is 8.40. The topological polar surface area (TPSA) is 127 Å². The fourth-order valence-corrected chi connectivity index (χ4v) is 2.68. The van der Waals surface area contributed by atoms with Gasteiger partial charge >= 0.3 is 5.97 Å². The van der Waals surface area contributed by atoms with E-state index in [4.69, 9.17) is 14.4 Å². The summed E-state index contributed by atoms with van der Waals surface area (Å²) in [7, 11) is 0. The highest BCUT2D eigenvalue weighted by atomic mass is 16.5. The number of rotatable bonds is 5. The van der Waals surface area contributed by atoms with Crippen molar-refractivity contribution in [1.29, 1.82) is 5.26 Å². The van der Waals surface area contributed by atoms with Crippen LogP contribution in [0, 0.1) is 18.3 Å². The quantitative estimate of drug-likeness (QED) is 0.670. The Morgan fingerprint density at radius 3 is 2.68 bits per heavy atom. The lowest BCUT2D eigenvalue weighted by atomic mass is 10.2. The zero-order valence-corrected chi connectivity index (χ0v) is 15.2. The van der Waals surface area contributed by atoms with Crippen LogP contribution in [0.15, 0.2) is 39.8 Å². The van der Waals surface area contributed by atoms with Gasteiger partial charge in [-0.05, 0) is 38.1 Å². The van der Waals surface area contributed by atoms with Gasteiger partial charge in [0.1, 0.15) is 29.6 Å². The van der Waals surface area contributed by atoms with Gasteiger partial charge in [0.05, 0.1) is 18.2 Å². The highest BCUT2D eigenvalue weighted by molar-refractivity contribution is 6.03. The highest BCUT2D eigenvalue weighted by Gasteiger charge is 2.24. The molecule has 1 amide bonds. The molecule has 142 valence electrons. The van der Waals surface area contributed by atoms with Crippen molar-refractivity contribution in [3.63, 3.8) is 0 Å². The lowest BCUT2D eigenvalue weighted by molar-refractivity contribution is -0.116. The van der Waals surface area contributed by atoms with E-state index < -0.39 is 17.4 Å². The number of aryl methyl sites for hydroxylation is 1. The Morgan fingerprint density at radius 1 is 1.32 bits per heavy atom. The molecule has 3 rings (SSSR count). The van der Waals surface area contributed by atoms with Crippen molar-refractivity contribution < 1.29 is 18.7 Å². The Balaban J connectivity index is 1.88. The summed E-state index contributed by atoms with van der Waals surface area (Å²) in [5.41, 5.74) is 0.383. The molecule has 0 atom stereocenters. The van der Waals surface area contributed by atoms with Gasteiger partial charge in [-0.3, -0.25) is 14.2 Å². The fraction of sp³-hybridized carbons (Fsp3) is 0.211. The van der Waals surface area contributed by atoms with Crippen LogP contribution in [0.25, 0.3) is 11.1 Å². The summed E-state index contributed by atoms with van der Waals surface area (Å²) >= 11 is 0. The zero-order valence-electron chi connectivity index (χ0n) is 15.2. The number of ether oxygens (including phenoxy) is 1. The second-order valence-corrected chi connectivity index (χ2v) is 5.85. The molecular weight excluding hydrogens is 364 g/mol. The largest absolute Gasteiger partial charge is 0.462 e. The van der Waals surface area contributed by atoms with Gasteiger partial charge < -0.3 is 14.5 Å². The number of nitriles is 1. The monoisotopic (exact) mass is 380 g/mol. The van der Waals surface area contributed by atoms with Crippen LogP contribution in [0.3, 0.4) is 0 Å². The Bertz CT molecular complexity index is 1150. The molecule has 0 saturated heterocycles. The molecule has 1 aromatic carbocycles. The number of carbonyl (C=O) groups is 2. The van der Waals surface area contributed by atoms with Gasteiger partial charge in [0.25, 0.3) is 5.56 Å². The summed E-state index contributed by atoms with van der Waals surface area (Å²) in [6.07, 6.45) is 1.18. The van der Waals surface area contributed by atoms with E-state index >= 15 is 0 Å². The summed E-state index contributed by atoms with van der Waals surface area (Å²) in [6.45, 7) is 3.02. The van der Waals surface area contributed by atoms with E-state index in [0.717, 1.165) is 4.57 Å². The van der Waals surface area contributed by atoms with Crippen molar-refractivity contribution in [1.82, 2.24) is 9.55 Å². The Kier molecular flexibility index (Phi) is 5.22. The number of anilines is 1. The highest BCUT2D eigenvalue weighted by Crippen LogP contribution is 2.21. The molecule has 0 aliphatic rings. The van der Waals surface area contributed by atoms with Crippen LogP contribution in [-0.2, 0) is 16.1 Å². The van der Waals surface area contributed by atoms with Gasteiger partial charge in [-0.15, -0.1) is 0 Å². The van der Waals surface area contributed by atoms with Crippen LogP contribution < -0.4 is 10.9 Å². The van der Waals surface area contributed by atoms with Crippen LogP contribution in [0.5, 0.6) is 0 Å². The summed E-state index contributed by atoms with van der Waals surface area (Å²) in [6, 6.07) is 8.28. The average molecular weight is 380 g/mol.